The maximum Gasteiger partial charge on any atom is 0.339 e. The summed E-state index contributed by atoms with van der Waals surface area (Å²) in [6.45, 7) is 1.82. The third-order valence-corrected chi connectivity index (χ3v) is 4.00. The van der Waals surface area contributed by atoms with Crippen LogP contribution in [0.5, 0.6) is 0 Å². The standard InChI is InChI=1S/C21H16N2O3/c1-14-11-17(16-9-5-6-10-18(16)23-14)21(24)25-13-20-22-12-19(26-20)15-7-3-2-4-8-15/h2-12H,13H2,1H3. The second-order valence-corrected chi connectivity index (χ2v) is 5.89. The average Bonchev–Trinajstić information content (AvgIpc) is 3.15. The van der Waals surface area contributed by atoms with Crippen molar-refractivity contribution >= 4 is 16.9 Å². The predicted octanol–water partition coefficient (Wildman–Crippen LogP) is 4.56. The van der Waals surface area contributed by atoms with E-state index in [-0.39, 0.29) is 6.61 Å². The van der Waals surface area contributed by atoms with Crippen LogP contribution in [0.15, 0.2) is 71.3 Å². The fourth-order valence-corrected chi connectivity index (χ4v) is 2.79. The summed E-state index contributed by atoms with van der Waals surface area (Å²) in [5, 5.41) is 0.764. The summed E-state index contributed by atoms with van der Waals surface area (Å²) in [4.78, 5) is 21.2. The van der Waals surface area contributed by atoms with Crippen LogP contribution in [0.3, 0.4) is 0 Å². The highest BCUT2D eigenvalue weighted by molar-refractivity contribution is 6.03. The quantitative estimate of drug-likeness (QED) is 0.508. The lowest BCUT2D eigenvalue weighted by Gasteiger charge is -2.07. The molecule has 0 N–H and O–H groups in total. The van der Waals surface area contributed by atoms with Crippen molar-refractivity contribution in [1.29, 1.82) is 0 Å². The van der Waals surface area contributed by atoms with Gasteiger partial charge in [0, 0.05) is 16.6 Å². The first-order valence-electron chi connectivity index (χ1n) is 8.24. The van der Waals surface area contributed by atoms with E-state index in [1.54, 1.807) is 12.3 Å². The first-order chi connectivity index (χ1) is 12.7. The van der Waals surface area contributed by atoms with E-state index in [1.165, 1.54) is 0 Å². The Hall–Kier alpha value is -3.47. The molecule has 0 aliphatic carbocycles. The van der Waals surface area contributed by atoms with Gasteiger partial charge in [0.25, 0.3) is 0 Å². The lowest BCUT2D eigenvalue weighted by molar-refractivity contribution is 0.0441. The Bertz CT molecular complexity index is 1070. The zero-order valence-electron chi connectivity index (χ0n) is 14.2. The van der Waals surface area contributed by atoms with Gasteiger partial charge in [-0.1, -0.05) is 48.5 Å². The number of benzene rings is 2. The lowest BCUT2D eigenvalue weighted by Crippen LogP contribution is -2.07. The molecule has 0 aliphatic rings. The molecule has 5 heteroatoms. The van der Waals surface area contributed by atoms with Crippen molar-refractivity contribution in [3.8, 4) is 11.3 Å². The van der Waals surface area contributed by atoms with Gasteiger partial charge in [0.15, 0.2) is 12.4 Å². The number of rotatable bonds is 4. The van der Waals surface area contributed by atoms with Crippen LogP contribution in [0.25, 0.3) is 22.2 Å². The maximum atomic E-state index is 12.5. The largest absolute Gasteiger partial charge is 0.452 e. The topological polar surface area (TPSA) is 65.2 Å². The number of pyridine rings is 1. The lowest BCUT2D eigenvalue weighted by atomic mass is 10.1. The zero-order valence-corrected chi connectivity index (χ0v) is 14.2. The van der Waals surface area contributed by atoms with Crippen molar-refractivity contribution in [2.45, 2.75) is 13.5 Å². The molecule has 0 spiro atoms. The Balaban J connectivity index is 1.52. The third kappa shape index (κ3) is 3.19. The van der Waals surface area contributed by atoms with Crippen molar-refractivity contribution in [1.82, 2.24) is 9.97 Å². The van der Waals surface area contributed by atoms with Gasteiger partial charge in [0.2, 0.25) is 5.89 Å². The molecule has 0 unspecified atom stereocenters. The molecule has 26 heavy (non-hydrogen) atoms. The molecule has 2 aromatic carbocycles. The summed E-state index contributed by atoms with van der Waals surface area (Å²) >= 11 is 0. The van der Waals surface area contributed by atoms with E-state index < -0.39 is 5.97 Å². The molecule has 2 heterocycles. The van der Waals surface area contributed by atoms with E-state index in [4.69, 9.17) is 9.15 Å². The number of hydrogen-bond acceptors (Lipinski definition) is 5. The van der Waals surface area contributed by atoms with E-state index in [0.29, 0.717) is 17.2 Å². The second kappa shape index (κ2) is 6.80. The van der Waals surface area contributed by atoms with Gasteiger partial charge in [-0.05, 0) is 19.1 Å². The van der Waals surface area contributed by atoms with Gasteiger partial charge < -0.3 is 9.15 Å². The Morgan fingerprint density at radius 2 is 1.85 bits per heavy atom. The van der Waals surface area contributed by atoms with Gasteiger partial charge in [0.1, 0.15) is 0 Å². The molecular weight excluding hydrogens is 328 g/mol. The molecule has 5 nitrogen and oxygen atoms in total. The third-order valence-electron chi connectivity index (χ3n) is 4.00. The normalized spacial score (nSPS) is 10.8. The van der Waals surface area contributed by atoms with Crippen LogP contribution in [0.4, 0.5) is 0 Å². The number of hydrogen-bond donors (Lipinski definition) is 0. The first kappa shape index (κ1) is 16.0. The van der Waals surface area contributed by atoms with Gasteiger partial charge in [-0.2, -0.15) is 0 Å². The number of esters is 1. The number of nitrogens with zero attached hydrogens (tertiary/aromatic N) is 2. The molecule has 0 amide bonds. The van der Waals surface area contributed by atoms with Crippen molar-refractivity contribution in [3.63, 3.8) is 0 Å². The number of carbonyl (C=O) groups is 1. The molecule has 4 aromatic rings. The number of para-hydroxylation sites is 1. The first-order valence-corrected chi connectivity index (χ1v) is 8.24. The molecule has 2 aromatic heterocycles. The number of oxazole rings is 1. The van der Waals surface area contributed by atoms with Crippen molar-refractivity contribution in [2.24, 2.45) is 0 Å². The number of carbonyl (C=O) groups excluding carboxylic acids is 1. The number of aromatic nitrogens is 2. The Morgan fingerprint density at radius 3 is 2.69 bits per heavy atom. The van der Waals surface area contributed by atoms with Gasteiger partial charge >= 0.3 is 5.97 Å². The maximum absolute atomic E-state index is 12.5. The molecule has 0 radical (unpaired) electrons. The van der Waals surface area contributed by atoms with Crippen LogP contribution in [0.2, 0.25) is 0 Å². The van der Waals surface area contributed by atoms with Crippen LogP contribution >= 0.6 is 0 Å². The van der Waals surface area contributed by atoms with Crippen molar-refractivity contribution in [3.05, 3.63) is 84.0 Å². The van der Waals surface area contributed by atoms with Crippen LogP contribution in [0, 0.1) is 6.92 Å². The highest BCUT2D eigenvalue weighted by Crippen LogP contribution is 2.22. The molecular formula is C21H16N2O3. The summed E-state index contributed by atoms with van der Waals surface area (Å²) in [5.41, 5.74) is 2.94. The second-order valence-electron chi connectivity index (χ2n) is 5.89. The average molecular weight is 344 g/mol. The van der Waals surface area contributed by atoms with Gasteiger partial charge in [0.05, 0.1) is 17.3 Å². The van der Waals surface area contributed by atoms with E-state index in [2.05, 4.69) is 9.97 Å². The van der Waals surface area contributed by atoms with E-state index in [1.807, 2.05) is 61.5 Å². The van der Waals surface area contributed by atoms with Crippen LogP contribution in [-0.4, -0.2) is 15.9 Å². The molecule has 0 bridgehead atoms. The molecule has 0 aliphatic heterocycles. The SMILES string of the molecule is Cc1cc(C(=O)OCc2ncc(-c3ccccc3)o2)c2ccccc2n1. The zero-order chi connectivity index (χ0) is 17.9. The molecule has 0 fully saturated rings. The fraction of sp³-hybridized carbons (Fsp3) is 0.0952. The summed E-state index contributed by atoms with van der Waals surface area (Å²) in [6, 6.07) is 18.9. The monoisotopic (exact) mass is 344 g/mol. The van der Waals surface area contributed by atoms with Gasteiger partial charge in [-0.3, -0.25) is 4.98 Å². The summed E-state index contributed by atoms with van der Waals surface area (Å²) < 4.78 is 11.1. The van der Waals surface area contributed by atoms with Crippen LogP contribution in [0.1, 0.15) is 21.9 Å². The summed E-state index contributed by atoms with van der Waals surface area (Å²) in [6.07, 6.45) is 1.63. The minimum absolute atomic E-state index is 0.0264. The van der Waals surface area contributed by atoms with Crippen molar-refractivity contribution < 1.29 is 13.9 Å². The summed E-state index contributed by atoms with van der Waals surface area (Å²) in [7, 11) is 0. The minimum Gasteiger partial charge on any atom is -0.452 e. The van der Waals surface area contributed by atoms with Gasteiger partial charge in [-0.15, -0.1) is 0 Å². The highest BCUT2D eigenvalue weighted by Gasteiger charge is 2.15. The van der Waals surface area contributed by atoms with E-state index >= 15 is 0 Å². The van der Waals surface area contributed by atoms with E-state index in [0.717, 1.165) is 22.2 Å². The fourth-order valence-electron chi connectivity index (χ4n) is 2.79. The van der Waals surface area contributed by atoms with Crippen molar-refractivity contribution in [2.75, 3.05) is 0 Å². The van der Waals surface area contributed by atoms with Gasteiger partial charge in [-0.25, -0.2) is 9.78 Å². The number of fused-ring (bicyclic) bond motifs is 1. The Morgan fingerprint density at radius 1 is 1.08 bits per heavy atom. The Kier molecular flexibility index (Phi) is 4.19. The number of aryl methyl sites for hydroxylation is 1. The number of ether oxygens (including phenoxy) is 1. The molecule has 0 saturated heterocycles. The molecule has 128 valence electrons. The summed E-state index contributed by atoms with van der Waals surface area (Å²) in [5.74, 6) is 0.570. The van der Waals surface area contributed by atoms with E-state index in [9.17, 15) is 4.79 Å². The molecule has 0 atom stereocenters. The highest BCUT2D eigenvalue weighted by atomic mass is 16.5. The molecule has 0 saturated carbocycles. The Labute approximate surface area is 150 Å². The van der Waals surface area contributed by atoms with Crippen LogP contribution < -0.4 is 0 Å². The molecule has 4 rings (SSSR count). The smallest absolute Gasteiger partial charge is 0.339 e. The minimum atomic E-state index is -0.425. The van der Waals surface area contributed by atoms with Crippen LogP contribution in [-0.2, 0) is 11.3 Å². The predicted molar refractivity (Wildman–Crippen MR) is 97.5 cm³/mol.